The number of halogens is 6. The van der Waals surface area contributed by atoms with E-state index in [0.29, 0.717) is 0 Å². The highest BCUT2D eigenvalue weighted by atomic mass is 19.4. The summed E-state index contributed by atoms with van der Waals surface area (Å²) in [4.78, 5) is 11.1. The lowest BCUT2D eigenvalue weighted by atomic mass is 9.95. The SMILES string of the molecule is CCc1cc(OC(F)(F)F)cc2c1OC(C(=O)O)(C(F)(F)F)C=C2. The maximum atomic E-state index is 13.1. The summed E-state index contributed by atoms with van der Waals surface area (Å²) in [6.45, 7) is 1.46. The minimum absolute atomic E-state index is 0.00120. The average molecular weight is 356 g/mol. The maximum absolute atomic E-state index is 13.1. The highest BCUT2D eigenvalue weighted by Gasteiger charge is 2.63. The van der Waals surface area contributed by atoms with Gasteiger partial charge in [0.05, 0.1) is 0 Å². The number of ether oxygens (including phenoxy) is 2. The summed E-state index contributed by atoms with van der Waals surface area (Å²) in [7, 11) is 0. The van der Waals surface area contributed by atoms with E-state index in [1.807, 2.05) is 0 Å². The Balaban J connectivity index is 2.56. The molecule has 1 aliphatic heterocycles. The summed E-state index contributed by atoms with van der Waals surface area (Å²) in [6.07, 6.45) is -9.25. The summed E-state index contributed by atoms with van der Waals surface area (Å²) >= 11 is 0. The second-order valence-corrected chi connectivity index (χ2v) is 4.88. The van der Waals surface area contributed by atoms with Crippen molar-refractivity contribution in [3.63, 3.8) is 0 Å². The van der Waals surface area contributed by atoms with Crippen LogP contribution in [0, 0.1) is 0 Å². The van der Waals surface area contributed by atoms with Crippen LogP contribution < -0.4 is 9.47 Å². The molecule has 0 bridgehead atoms. The molecule has 1 heterocycles. The molecule has 0 radical (unpaired) electrons. The zero-order valence-corrected chi connectivity index (χ0v) is 12.0. The average Bonchev–Trinajstić information content (AvgIpc) is 2.42. The molecule has 0 amide bonds. The zero-order valence-electron chi connectivity index (χ0n) is 12.0. The van der Waals surface area contributed by atoms with Crippen molar-refractivity contribution < 1.29 is 45.7 Å². The predicted octanol–water partition coefficient (Wildman–Crippen LogP) is 3.94. The highest BCUT2D eigenvalue weighted by molar-refractivity contribution is 5.85. The number of carboxylic acids is 1. The smallest absolute Gasteiger partial charge is 0.478 e. The summed E-state index contributed by atoms with van der Waals surface area (Å²) < 4.78 is 84.8. The molecule has 0 aromatic heterocycles. The third-order valence-corrected chi connectivity index (χ3v) is 3.28. The number of rotatable bonds is 3. The van der Waals surface area contributed by atoms with Crippen LogP contribution >= 0.6 is 0 Å². The van der Waals surface area contributed by atoms with Crippen LogP contribution in [0.1, 0.15) is 18.1 Å². The third kappa shape index (κ3) is 3.13. The van der Waals surface area contributed by atoms with Crippen molar-refractivity contribution in [3.8, 4) is 11.5 Å². The minimum Gasteiger partial charge on any atom is -0.478 e. The Bertz CT molecular complexity index is 692. The van der Waals surface area contributed by atoms with Crippen molar-refractivity contribution >= 4 is 12.0 Å². The molecule has 24 heavy (non-hydrogen) atoms. The Kier molecular flexibility index (Phi) is 4.19. The van der Waals surface area contributed by atoms with Gasteiger partial charge in [0, 0.05) is 5.56 Å². The normalized spacial score (nSPS) is 20.3. The molecule has 2 rings (SSSR count). The molecule has 1 aliphatic rings. The first-order valence-electron chi connectivity index (χ1n) is 6.50. The molecule has 4 nitrogen and oxygen atoms in total. The van der Waals surface area contributed by atoms with Crippen LogP contribution in [0.25, 0.3) is 6.08 Å². The molecule has 0 saturated carbocycles. The van der Waals surface area contributed by atoms with Gasteiger partial charge in [-0.15, -0.1) is 13.2 Å². The Labute approximate surface area is 131 Å². The molecular formula is C14H10F6O4. The zero-order chi connectivity index (χ0) is 18.3. The molecule has 1 atom stereocenters. The Hall–Kier alpha value is -2.39. The summed E-state index contributed by atoms with van der Waals surface area (Å²) in [5, 5.41) is 8.95. The monoisotopic (exact) mass is 356 g/mol. The van der Waals surface area contributed by atoms with E-state index in [4.69, 9.17) is 9.84 Å². The number of carbonyl (C=O) groups is 1. The Morgan fingerprint density at radius 3 is 2.33 bits per heavy atom. The summed E-state index contributed by atoms with van der Waals surface area (Å²) in [5.41, 5.74) is -3.79. The largest absolute Gasteiger partial charge is 0.573 e. The van der Waals surface area contributed by atoms with E-state index >= 15 is 0 Å². The van der Waals surface area contributed by atoms with Crippen LogP contribution in [0.4, 0.5) is 26.3 Å². The van der Waals surface area contributed by atoms with Gasteiger partial charge >= 0.3 is 24.1 Å². The van der Waals surface area contributed by atoms with Crippen LogP contribution in [0.2, 0.25) is 0 Å². The van der Waals surface area contributed by atoms with Gasteiger partial charge in [-0.1, -0.05) is 13.0 Å². The molecule has 0 saturated heterocycles. The van der Waals surface area contributed by atoms with Crippen LogP contribution in [0.15, 0.2) is 18.2 Å². The van der Waals surface area contributed by atoms with E-state index in [1.54, 1.807) is 0 Å². The van der Waals surface area contributed by atoms with Crippen molar-refractivity contribution in [1.29, 1.82) is 0 Å². The topological polar surface area (TPSA) is 55.8 Å². The van der Waals surface area contributed by atoms with Gasteiger partial charge in [0.1, 0.15) is 11.5 Å². The molecule has 0 spiro atoms. The van der Waals surface area contributed by atoms with E-state index < -0.39 is 35.6 Å². The van der Waals surface area contributed by atoms with Crippen molar-refractivity contribution in [2.24, 2.45) is 0 Å². The maximum Gasteiger partial charge on any atom is 0.573 e. The van der Waals surface area contributed by atoms with Gasteiger partial charge in [-0.05, 0) is 30.2 Å². The van der Waals surface area contributed by atoms with E-state index in [9.17, 15) is 31.1 Å². The number of alkyl halides is 6. The Morgan fingerprint density at radius 2 is 1.88 bits per heavy atom. The number of hydrogen-bond acceptors (Lipinski definition) is 3. The van der Waals surface area contributed by atoms with Crippen molar-refractivity contribution in [2.45, 2.75) is 31.5 Å². The third-order valence-electron chi connectivity index (χ3n) is 3.28. The lowest BCUT2D eigenvalue weighted by Crippen LogP contribution is -2.56. The predicted molar refractivity (Wildman–Crippen MR) is 68.6 cm³/mol. The number of carboxylic acid groups (broad SMARTS) is 1. The second kappa shape index (κ2) is 5.60. The molecule has 132 valence electrons. The minimum atomic E-state index is -5.26. The lowest BCUT2D eigenvalue weighted by Gasteiger charge is -2.33. The van der Waals surface area contributed by atoms with Gasteiger partial charge in [-0.3, -0.25) is 0 Å². The van der Waals surface area contributed by atoms with Crippen molar-refractivity contribution in [2.75, 3.05) is 0 Å². The van der Waals surface area contributed by atoms with Crippen LogP contribution in [-0.2, 0) is 11.2 Å². The van der Waals surface area contributed by atoms with Gasteiger partial charge in [0.2, 0.25) is 0 Å². The van der Waals surface area contributed by atoms with E-state index in [1.165, 1.54) is 6.92 Å². The van der Waals surface area contributed by atoms with E-state index in [-0.39, 0.29) is 23.6 Å². The van der Waals surface area contributed by atoms with Gasteiger partial charge in [-0.2, -0.15) is 13.2 Å². The van der Waals surface area contributed by atoms with E-state index in [2.05, 4.69) is 4.74 Å². The Morgan fingerprint density at radius 1 is 1.25 bits per heavy atom. The molecular weight excluding hydrogens is 346 g/mol. The van der Waals surface area contributed by atoms with Gasteiger partial charge in [0.25, 0.3) is 0 Å². The van der Waals surface area contributed by atoms with Gasteiger partial charge < -0.3 is 14.6 Å². The first kappa shape index (κ1) is 18.0. The molecule has 1 aromatic carbocycles. The van der Waals surface area contributed by atoms with Crippen molar-refractivity contribution in [3.05, 3.63) is 29.3 Å². The van der Waals surface area contributed by atoms with Crippen LogP contribution in [-0.4, -0.2) is 29.2 Å². The number of fused-ring (bicyclic) bond motifs is 1. The second-order valence-electron chi connectivity index (χ2n) is 4.88. The number of aryl methyl sites for hydroxylation is 1. The number of aliphatic carboxylic acids is 1. The number of benzene rings is 1. The fraction of sp³-hybridized carbons (Fsp3) is 0.357. The lowest BCUT2D eigenvalue weighted by molar-refractivity contribution is -0.274. The molecule has 1 N–H and O–H groups in total. The summed E-state index contributed by atoms with van der Waals surface area (Å²) in [6, 6.07) is 1.68. The van der Waals surface area contributed by atoms with Crippen LogP contribution in [0.5, 0.6) is 11.5 Å². The molecule has 0 aliphatic carbocycles. The molecule has 10 heteroatoms. The first-order valence-corrected chi connectivity index (χ1v) is 6.50. The van der Waals surface area contributed by atoms with Gasteiger partial charge in [0.15, 0.2) is 0 Å². The quantitative estimate of drug-likeness (QED) is 0.834. The van der Waals surface area contributed by atoms with Gasteiger partial charge in [-0.25, -0.2) is 4.79 Å². The fourth-order valence-electron chi connectivity index (χ4n) is 2.18. The standard InChI is InChI=1S/C14H10F6O4/c1-2-7-5-9(23-14(18,19)20)6-8-3-4-12(11(21)22,13(15,16)17)24-10(7)8/h3-6H,2H2,1H3,(H,21,22). The number of hydrogen-bond donors (Lipinski definition) is 1. The highest BCUT2D eigenvalue weighted by Crippen LogP contribution is 2.44. The van der Waals surface area contributed by atoms with Crippen molar-refractivity contribution in [1.82, 2.24) is 0 Å². The summed E-state index contributed by atoms with van der Waals surface area (Å²) in [5.74, 6) is -3.37. The molecule has 1 aromatic rings. The van der Waals surface area contributed by atoms with E-state index in [0.717, 1.165) is 18.2 Å². The first-order chi connectivity index (χ1) is 10.9. The fourth-order valence-corrected chi connectivity index (χ4v) is 2.18. The van der Waals surface area contributed by atoms with Crippen LogP contribution in [0.3, 0.4) is 0 Å². The molecule has 0 fully saturated rings. The molecule has 1 unspecified atom stereocenters.